The SMILES string of the molecule is O=C(Nc1cnn(Cc2ccccc2)c1)C1(O)CCSC1. The number of nitrogens with one attached hydrogen (secondary N) is 1. The molecule has 1 aromatic heterocycles. The number of benzene rings is 1. The molecule has 110 valence electrons. The second kappa shape index (κ2) is 5.91. The third-order valence-corrected chi connectivity index (χ3v) is 4.68. The Morgan fingerprint density at radius 3 is 2.95 bits per heavy atom. The number of nitrogens with zero attached hydrogens (tertiary/aromatic N) is 2. The molecule has 3 rings (SSSR count). The van der Waals surface area contributed by atoms with E-state index in [1.807, 2.05) is 30.3 Å². The minimum Gasteiger partial charge on any atom is -0.379 e. The van der Waals surface area contributed by atoms with E-state index in [1.165, 1.54) is 0 Å². The number of thioether (sulfide) groups is 1. The van der Waals surface area contributed by atoms with Gasteiger partial charge in [0.25, 0.3) is 5.91 Å². The Hall–Kier alpha value is -1.79. The molecule has 2 N–H and O–H groups in total. The summed E-state index contributed by atoms with van der Waals surface area (Å²) in [6.45, 7) is 0.650. The van der Waals surface area contributed by atoms with Gasteiger partial charge in [-0.3, -0.25) is 9.48 Å². The Kier molecular flexibility index (Phi) is 3.98. The van der Waals surface area contributed by atoms with Crippen LogP contribution in [0.5, 0.6) is 0 Å². The average molecular weight is 303 g/mol. The topological polar surface area (TPSA) is 67.2 Å². The van der Waals surface area contributed by atoms with E-state index in [4.69, 9.17) is 0 Å². The van der Waals surface area contributed by atoms with Gasteiger partial charge in [-0.05, 0) is 17.7 Å². The van der Waals surface area contributed by atoms with Gasteiger partial charge in [0, 0.05) is 11.9 Å². The monoisotopic (exact) mass is 303 g/mol. The Bertz CT molecular complexity index is 621. The van der Waals surface area contributed by atoms with Crippen molar-refractivity contribution in [2.24, 2.45) is 0 Å². The lowest BCUT2D eigenvalue weighted by atomic mass is 10.0. The maximum atomic E-state index is 12.1. The predicted molar refractivity (Wildman–Crippen MR) is 83.3 cm³/mol. The van der Waals surface area contributed by atoms with Crippen LogP contribution >= 0.6 is 11.8 Å². The zero-order valence-corrected chi connectivity index (χ0v) is 12.3. The standard InChI is InChI=1S/C15H17N3O2S/c19-14(15(20)6-7-21-11-15)17-13-8-16-18(10-13)9-12-4-2-1-3-5-12/h1-5,8,10,20H,6-7,9,11H2,(H,17,19). The molecule has 2 aromatic rings. The number of aromatic nitrogens is 2. The maximum Gasteiger partial charge on any atom is 0.257 e. The summed E-state index contributed by atoms with van der Waals surface area (Å²) in [5, 5.41) is 17.2. The summed E-state index contributed by atoms with van der Waals surface area (Å²) in [6.07, 6.45) is 3.88. The molecule has 21 heavy (non-hydrogen) atoms. The molecule has 1 unspecified atom stereocenters. The molecule has 1 aromatic carbocycles. The lowest BCUT2D eigenvalue weighted by Gasteiger charge is -2.19. The summed E-state index contributed by atoms with van der Waals surface area (Å²) in [5.41, 5.74) is 0.511. The first-order chi connectivity index (χ1) is 10.2. The lowest BCUT2D eigenvalue weighted by Crippen LogP contribution is -2.42. The van der Waals surface area contributed by atoms with Crippen LogP contribution in [0.25, 0.3) is 0 Å². The van der Waals surface area contributed by atoms with Crippen molar-refractivity contribution < 1.29 is 9.90 Å². The molecular weight excluding hydrogens is 286 g/mol. The van der Waals surface area contributed by atoms with Crippen molar-refractivity contribution >= 4 is 23.4 Å². The molecule has 1 aliphatic heterocycles. The fraction of sp³-hybridized carbons (Fsp3) is 0.333. The van der Waals surface area contributed by atoms with E-state index in [9.17, 15) is 9.90 Å². The second-order valence-corrected chi connectivity index (χ2v) is 6.31. The van der Waals surface area contributed by atoms with Crippen molar-refractivity contribution in [3.05, 3.63) is 48.3 Å². The van der Waals surface area contributed by atoms with Gasteiger partial charge in [-0.15, -0.1) is 0 Å². The number of carbonyl (C=O) groups is 1. The van der Waals surface area contributed by atoms with Gasteiger partial charge in [-0.25, -0.2) is 0 Å². The Balaban J connectivity index is 1.64. The van der Waals surface area contributed by atoms with E-state index in [2.05, 4.69) is 10.4 Å². The van der Waals surface area contributed by atoms with E-state index < -0.39 is 5.60 Å². The van der Waals surface area contributed by atoms with Crippen LogP contribution in [0.2, 0.25) is 0 Å². The number of hydrogen-bond acceptors (Lipinski definition) is 4. The van der Waals surface area contributed by atoms with Crippen molar-refractivity contribution in [1.82, 2.24) is 9.78 Å². The highest BCUT2D eigenvalue weighted by Crippen LogP contribution is 2.28. The first kappa shape index (κ1) is 14.2. The molecule has 0 spiro atoms. The highest BCUT2D eigenvalue weighted by atomic mass is 32.2. The van der Waals surface area contributed by atoms with Gasteiger partial charge in [-0.2, -0.15) is 16.9 Å². The Morgan fingerprint density at radius 1 is 1.43 bits per heavy atom. The molecule has 1 fully saturated rings. The van der Waals surface area contributed by atoms with Gasteiger partial charge in [0.1, 0.15) is 0 Å². The third-order valence-electron chi connectivity index (χ3n) is 3.50. The van der Waals surface area contributed by atoms with Crippen LogP contribution in [-0.2, 0) is 11.3 Å². The number of rotatable bonds is 4. The first-order valence-electron chi connectivity index (χ1n) is 6.84. The van der Waals surface area contributed by atoms with Crippen molar-refractivity contribution in [2.45, 2.75) is 18.6 Å². The van der Waals surface area contributed by atoms with Crippen LogP contribution in [0.15, 0.2) is 42.7 Å². The molecular formula is C15H17N3O2S. The quantitative estimate of drug-likeness (QED) is 0.903. The summed E-state index contributed by atoms with van der Waals surface area (Å²) in [6, 6.07) is 9.99. The van der Waals surface area contributed by atoms with E-state index in [0.717, 1.165) is 11.3 Å². The smallest absolute Gasteiger partial charge is 0.257 e. The minimum absolute atomic E-state index is 0.341. The van der Waals surface area contributed by atoms with Gasteiger partial charge in [0.2, 0.25) is 0 Å². The fourth-order valence-corrected chi connectivity index (χ4v) is 3.51. The molecule has 1 aliphatic rings. The Labute approximate surface area is 127 Å². The van der Waals surface area contributed by atoms with Gasteiger partial charge in [0.15, 0.2) is 5.60 Å². The fourth-order valence-electron chi connectivity index (χ4n) is 2.27. The van der Waals surface area contributed by atoms with Gasteiger partial charge >= 0.3 is 0 Å². The number of aliphatic hydroxyl groups is 1. The van der Waals surface area contributed by atoms with E-state index in [1.54, 1.807) is 28.8 Å². The number of hydrogen-bond donors (Lipinski definition) is 2. The molecule has 1 saturated heterocycles. The minimum atomic E-state index is -1.24. The van der Waals surface area contributed by atoms with Crippen LogP contribution in [-0.4, -0.2) is 37.9 Å². The predicted octanol–water partition coefficient (Wildman–Crippen LogP) is 1.74. The highest BCUT2D eigenvalue weighted by molar-refractivity contribution is 7.99. The van der Waals surface area contributed by atoms with Crippen LogP contribution in [0.1, 0.15) is 12.0 Å². The summed E-state index contributed by atoms with van der Waals surface area (Å²) in [4.78, 5) is 12.1. The molecule has 0 bridgehead atoms. The van der Waals surface area contributed by atoms with Crippen LogP contribution < -0.4 is 5.32 Å². The highest BCUT2D eigenvalue weighted by Gasteiger charge is 2.39. The van der Waals surface area contributed by atoms with E-state index in [0.29, 0.717) is 24.4 Å². The molecule has 5 nitrogen and oxygen atoms in total. The molecule has 2 heterocycles. The van der Waals surface area contributed by atoms with Crippen LogP contribution in [0, 0.1) is 0 Å². The van der Waals surface area contributed by atoms with Gasteiger partial charge in [0.05, 0.1) is 18.4 Å². The van der Waals surface area contributed by atoms with Crippen molar-refractivity contribution in [2.75, 3.05) is 16.8 Å². The molecule has 1 atom stereocenters. The van der Waals surface area contributed by atoms with Crippen molar-refractivity contribution in [1.29, 1.82) is 0 Å². The van der Waals surface area contributed by atoms with Crippen LogP contribution in [0.3, 0.4) is 0 Å². The number of anilines is 1. The van der Waals surface area contributed by atoms with E-state index in [-0.39, 0.29) is 5.91 Å². The van der Waals surface area contributed by atoms with Gasteiger partial charge < -0.3 is 10.4 Å². The summed E-state index contributed by atoms with van der Waals surface area (Å²) < 4.78 is 1.76. The second-order valence-electron chi connectivity index (χ2n) is 5.20. The molecule has 0 radical (unpaired) electrons. The lowest BCUT2D eigenvalue weighted by molar-refractivity contribution is -0.131. The first-order valence-corrected chi connectivity index (χ1v) is 7.99. The zero-order valence-electron chi connectivity index (χ0n) is 11.5. The number of carbonyl (C=O) groups excluding carboxylic acids is 1. The van der Waals surface area contributed by atoms with Crippen LogP contribution in [0.4, 0.5) is 5.69 Å². The zero-order chi connectivity index (χ0) is 14.7. The molecule has 1 amide bonds. The third kappa shape index (κ3) is 3.28. The molecule has 0 saturated carbocycles. The normalized spacial score (nSPS) is 21.4. The summed E-state index contributed by atoms with van der Waals surface area (Å²) in [7, 11) is 0. The van der Waals surface area contributed by atoms with Crippen molar-refractivity contribution in [3.63, 3.8) is 0 Å². The summed E-state index contributed by atoms with van der Waals surface area (Å²) in [5.74, 6) is 0.931. The van der Waals surface area contributed by atoms with Gasteiger partial charge in [-0.1, -0.05) is 30.3 Å². The summed E-state index contributed by atoms with van der Waals surface area (Å²) >= 11 is 1.60. The number of amides is 1. The Morgan fingerprint density at radius 2 is 2.24 bits per heavy atom. The van der Waals surface area contributed by atoms with E-state index >= 15 is 0 Å². The van der Waals surface area contributed by atoms with Crippen molar-refractivity contribution in [3.8, 4) is 0 Å². The largest absolute Gasteiger partial charge is 0.379 e. The molecule has 6 heteroatoms. The molecule has 0 aliphatic carbocycles. The average Bonchev–Trinajstić information content (AvgIpc) is 3.10. The maximum absolute atomic E-state index is 12.1.